The largest absolute Gasteiger partial charge is 0.277 e. The van der Waals surface area contributed by atoms with Gasteiger partial charge in [-0.25, -0.2) is 21.2 Å². The third-order valence-electron chi connectivity index (χ3n) is 4.71. The molecular weight excluding hydrogens is 457 g/mol. The maximum absolute atomic E-state index is 12.9. The highest BCUT2D eigenvalue weighted by atomic mass is 35.5. The fourth-order valence-electron chi connectivity index (χ4n) is 3.01. The number of benzene rings is 2. The van der Waals surface area contributed by atoms with Crippen LogP contribution in [0.2, 0.25) is 5.02 Å². The molecule has 1 heterocycles. The molecule has 1 fully saturated rings. The molecule has 0 saturated carbocycles. The van der Waals surface area contributed by atoms with Gasteiger partial charge in [0.25, 0.3) is 10.0 Å². The summed E-state index contributed by atoms with van der Waals surface area (Å²) in [5.41, 5.74) is 2.14. The molecular formula is C18H19ClFN3O5S2. The van der Waals surface area contributed by atoms with Crippen LogP contribution in [-0.4, -0.2) is 40.1 Å². The molecule has 1 aliphatic heterocycles. The van der Waals surface area contributed by atoms with Crippen LogP contribution in [0.4, 0.5) is 4.39 Å². The Morgan fingerprint density at radius 3 is 2.03 bits per heavy atom. The summed E-state index contributed by atoms with van der Waals surface area (Å²) in [5.74, 6) is -1.71. The van der Waals surface area contributed by atoms with Gasteiger partial charge in [-0.1, -0.05) is 11.6 Å². The number of amides is 1. The Bertz CT molecular complexity index is 1120. The fraction of sp³-hybridized carbons (Fsp3) is 0.278. The molecule has 30 heavy (non-hydrogen) atoms. The van der Waals surface area contributed by atoms with Crippen molar-refractivity contribution in [1.82, 2.24) is 14.6 Å². The quantitative estimate of drug-likeness (QED) is 0.619. The summed E-state index contributed by atoms with van der Waals surface area (Å²) in [6, 6.07) is 9.94. The monoisotopic (exact) mass is 475 g/mol. The van der Waals surface area contributed by atoms with Crippen LogP contribution in [0.1, 0.15) is 12.8 Å². The van der Waals surface area contributed by atoms with Gasteiger partial charge in [0.15, 0.2) is 0 Å². The van der Waals surface area contributed by atoms with Gasteiger partial charge < -0.3 is 0 Å². The number of nitrogens with one attached hydrogen (secondary N) is 2. The highest BCUT2D eigenvalue weighted by Gasteiger charge is 2.32. The van der Waals surface area contributed by atoms with Crippen LogP contribution in [0.3, 0.4) is 0 Å². The van der Waals surface area contributed by atoms with Gasteiger partial charge in [0.05, 0.1) is 9.79 Å². The van der Waals surface area contributed by atoms with Crippen molar-refractivity contribution in [2.24, 2.45) is 5.92 Å². The van der Waals surface area contributed by atoms with Gasteiger partial charge in [-0.05, 0) is 61.4 Å². The number of sulfonamides is 2. The van der Waals surface area contributed by atoms with E-state index in [9.17, 15) is 26.0 Å². The summed E-state index contributed by atoms with van der Waals surface area (Å²) in [5, 5.41) is 0.424. The summed E-state index contributed by atoms with van der Waals surface area (Å²) in [4.78, 5) is 14.2. The Kier molecular flexibility index (Phi) is 6.78. The van der Waals surface area contributed by atoms with E-state index in [0.717, 1.165) is 24.3 Å². The molecule has 3 rings (SSSR count). The molecule has 162 valence electrons. The lowest BCUT2D eigenvalue weighted by Gasteiger charge is -2.30. The summed E-state index contributed by atoms with van der Waals surface area (Å²) < 4.78 is 63.9. The molecule has 0 bridgehead atoms. The van der Waals surface area contributed by atoms with Crippen molar-refractivity contribution < 1.29 is 26.0 Å². The zero-order valence-electron chi connectivity index (χ0n) is 15.6. The molecule has 1 saturated heterocycles. The maximum atomic E-state index is 12.9. The highest BCUT2D eigenvalue weighted by molar-refractivity contribution is 7.89. The van der Waals surface area contributed by atoms with E-state index >= 15 is 0 Å². The number of halogens is 2. The Labute approximate surface area is 179 Å². The van der Waals surface area contributed by atoms with Crippen LogP contribution in [0.5, 0.6) is 0 Å². The number of hydrazine groups is 1. The third-order valence-corrected chi connectivity index (χ3v) is 8.14. The smallest absolute Gasteiger partial charge is 0.257 e. The zero-order valence-corrected chi connectivity index (χ0v) is 18.0. The van der Waals surface area contributed by atoms with E-state index in [1.165, 1.54) is 28.6 Å². The van der Waals surface area contributed by atoms with Gasteiger partial charge in [0.1, 0.15) is 5.82 Å². The molecule has 1 aliphatic rings. The Balaban J connectivity index is 1.56. The van der Waals surface area contributed by atoms with Crippen LogP contribution in [0.15, 0.2) is 58.3 Å². The summed E-state index contributed by atoms with van der Waals surface area (Å²) in [6.07, 6.45) is 0.466. The fourth-order valence-corrected chi connectivity index (χ4v) is 5.45. The standard InChI is InChI=1S/C18H19ClFN3O5S2/c19-14-1-5-17(6-2-14)30(27,28)23-11-9-13(10-12-23)18(24)21-22-29(25,26)16-7-3-15(20)4-8-16/h1-8,13,22H,9-12H2,(H,21,24). The van der Waals surface area contributed by atoms with Crippen LogP contribution in [0.25, 0.3) is 0 Å². The minimum absolute atomic E-state index is 0.113. The number of hydrogen-bond donors (Lipinski definition) is 2. The second-order valence-electron chi connectivity index (χ2n) is 6.68. The number of carbonyl (C=O) groups excluding carboxylic acids is 1. The van der Waals surface area contributed by atoms with Gasteiger partial charge in [-0.15, -0.1) is 4.83 Å². The molecule has 2 aromatic carbocycles. The first-order valence-corrected chi connectivity index (χ1v) is 12.2. The van der Waals surface area contributed by atoms with Gasteiger partial charge in [0.2, 0.25) is 15.9 Å². The lowest BCUT2D eigenvalue weighted by Crippen LogP contribution is -2.48. The van der Waals surface area contributed by atoms with Crippen molar-refractivity contribution in [3.8, 4) is 0 Å². The van der Waals surface area contributed by atoms with E-state index < -0.39 is 37.7 Å². The van der Waals surface area contributed by atoms with Gasteiger partial charge >= 0.3 is 0 Å². The van der Waals surface area contributed by atoms with E-state index in [1.54, 1.807) is 0 Å². The summed E-state index contributed by atoms with van der Waals surface area (Å²) >= 11 is 5.79. The summed E-state index contributed by atoms with van der Waals surface area (Å²) in [7, 11) is -7.75. The minimum Gasteiger partial charge on any atom is -0.277 e. The lowest BCUT2D eigenvalue weighted by molar-refractivity contribution is -0.126. The predicted molar refractivity (Wildman–Crippen MR) is 108 cm³/mol. The molecule has 12 heteroatoms. The second kappa shape index (κ2) is 8.98. The van der Waals surface area contributed by atoms with Gasteiger partial charge in [-0.2, -0.15) is 4.31 Å². The highest BCUT2D eigenvalue weighted by Crippen LogP contribution is 2.24. The number of nitrogens with zero attached hydrogens (tertiary/aromatic N) is 1. The predicted octanol–water partition coefficient (Wildman–Crippen LogP) is 1.89. The molecule has 8 nitrogen and oxygen atoms in total. The Morgan fingerprint density at radius 2 is 1.47 bits per heavy atom. The SMILES string of the molecule is O=C(NNS(=O)(=O)c1ccc(F)cc1)C1CCN(S(=O)(=O)c2ccc(Cl)cc2)CC1. The number of carbonyl (C=O) groups is 1. The first-order valence-electron chi connectivity index (χ1n) is 8.92. The van der Waals surface area contributed by atoms with E-state index in [4.69, 9.17) is 11.6 Å². The normalized spacial score (nSPS) is 16.3. The molecule has 0 radical (unpaired) electrons. The van der Waals surface area contributed by atoms with Crippen LogP contribution in [-0.2, 0) is 24.8 Å². The minimum atomic E-state index is -4.05. The van der Waals surface area contributed by atoms with Crippen molar-refractivity contribution in [2.75, 3.05) is 13.1 Å². The lowest BCUT2D eigenvalue weighted by atomic mass is 9.98. The molecule has 0 spiro atoms. The number of piperidine rings is 1. The molecule has 0 aromatic heterocycles. The topological polar surface area (TPSA) is 113 Å². The average molecular weight is 476 g/mol. The van der Waals surface area contributed by atoms with Crippen molar-refractivity contribution in [3.05, 3.63) is 59.4 Å². The van der Waals surface area contributed by atoms with Gasteiger partial charge in [0, 0.05) is 24.0 Å². The van der Waals surface area contributed by atoms with Gasteiger partial charge in [-0.3, -0.25) is 10.2 Å². The Morgan fingerprint density at radius 1 is 0.933 bits per heavy atom. The second-order valence-corrected chi connectivity index (χ2v) is 10.7. The number of hydrogen-bond acceptors (Lipinski definition) is 5. The van der Waals surface area contributed by atoms with E-state index in [-0.39, 0.29) is 35.7 Å². The van der Waals surface area contributed by atoms with E-state index in [2.05, 4.69) is 5.43 Å². The van der Waals surface area contributed by atoms with Crippen molar-refractivity contribution in [2.45, 2.75) is 22.6 Å². The van der Waals surface area contributed by atoms with Crippen molar-refractivity contribution >= 4 is 37.6 Å². The third kappa shape index (κ3) is 5.16. The molecule has 0 atom stereocenters. The van der Waals surface area contributed by atoms with Crippen molar-refractivity contribution in [3.63, 3.8) is 0 Å². The van der Waals surface area contributed by atoms with Crippen LogP contribution >= 0.6 is 11.6 Å². The summed E-state index contributed by atoms with van der Waals surface area (Å²) in [6.45, 7) is 0.238. The number of rotatable bonds is 6. The zero-order chi connectivity index (χ0) is 21.9. The van der Waals surface area contributed by atoms with E-state index in [1.807, 2.05) is 4.83 Å². The van der Waals surface area contributed by atoms with Crippen LogP contribution < -0.4 is 10.3 Å². The Hall–Kier alpha value is -2.05. The van der Waals surface area contributed by atoms with Crippen molar-refractivity contribution in [1.29, 1.82) is 0 Å². The van der Waals surface area contributed by atoms with E-state index in [0.29, 0.717) is 5.02 Å². The first kappa shape index (κ1) is 22.6. The first-order chi connectivity index (χ1) is 14.1. The molecule has 0 aliphatic carbocycles. The molecule has 2 aromatic rings. The van der Waals surface area contributed by atoms with Crippen LogP contribution in [0, 0.1) is 11.7 Å². The molecule has 2 N–H and O–H groups in total. The molecule has 0 unspecified atom stereocenters. The average Bonchev–Trinajstić information content (AvgIpc) is 2.73. The molecule has 1 amide bonds. The maximum Gasteiger partial charge on any atom is 0.257 e.